The standard InChI is InChI=1S/C24H16N2OS/c1-13(2)14-6-8-15(9-7-14)28-20-11-10-17-21-16(20)4-3-5-18(21)23-22(17)19(12-25)24(27)26-23/h3-11,13H,1-2H3. The lowest BCUT2D eigenvalue weighted by atomic mass is 10.0. The number of hydrogen-bond donors (Lipinski definition) is 0. The summed E-state index contributed by atoms with van der Waals surface area (Å²) in [6.45, 7) is 4.39. The molecule has 0 unspecified atom stereocenters. The Morgan fingerprint density at radius 2 is 1.79 bits per heavy atom. The number of benzene rings is 3. The molecule has 1 amide bonds. The van der Waals surface area contributed by atoms with Gasteiger partial charge in [-0.15, -0.1) is 0 Å². The van der Waals surface area contributed by atoms with E-state index in [2.05, 4.69) is 55.2 Å². The summed E-state index contributed by atoms with van der Waals surface area (Å²) < 4.78 is 0. The second-order valence-electron chi connectivity index (χ2n) is 7.29. The lowest BCUT2D eigenvalue weighted by Gasteiger charge is -2.10. The van der Waals surface area contributed by atoms with Crippen molar-refractivity contribution in [3.8, 4) is 6.07 Å². The minimum Gasteiger partial charge on any atom is -0.266 e. The molecule has 0 aromatic heterocycles. The van der Waals surface area contributed by atoms with Gasteiger partial charge >= 0.3 is 0 Å². The first-order valence-corrected chi connectivity index (χ1v) is 10.0. The zero-order valence-electron chi connectivity index (χ0n) is 15.5. The number of fused-ring (bicyclic) bond motifs is 3. The summed E-state index contributed by atoms with van der Waals surface area (Å²) >= 11 is 1.73. The molecule has 0 saturated heterocycles. The van der Waals surface area contributed by atoms with Crippen molar-refractivity contribution >= 4 is 39.7 Å². The van der Waals surface area contributed by atoms with E-state index in [1.165, 1.54) is 10.5 Å². The molecular formula is C24H16N2OS. The number of hydrogen-bond acceptors (Lipinski definition) is 3. The van der Waals surface area contributed by atoms with Crippen molar-refractivity contribution in [2.24, 2.45) is 4.99 Å². The van der Waals surface area contributed by atoms with Gasteiger partial charge in [0.2, 0.25) is 0 Å². The van der Waals surface area contributed by atoms with E-state index in [0.717, 1.165) is 26.8 Å². The van der Waals surface area contributed by atoms with Crippen LogP contribution in [0.2, 0.25) is 0 Å². The molecule has 0 fully saturated rings. The van der Waals surface area contributed by atoms with Crippen LogP contribution in [0.1, 0.15) is 36.5 Å². The fourth-order valence-corrected chi connectivity index (χ4v) is 4.86. The maximum Gasteiger partial charge on any atom is 0.288 e. The molecule has 1 aliphatic carbocycles. The number of carbonyl (C=O) groups is 1. The minimum atomic E-state index is -0.432. The summed E-state index contributed by atoms with van der Waals surface area (Å²) in [6, 6.07) is 20.9. The molecule has 2 aliphatic rings. The second-order valence-corrected chi connectivity index (χ2v) is 8.41. The molecular weight excluding hydrogens is 364 g/mol. The predicted octanol–water partition coefficient (Wildman–Crippen LogP) is 5.73. The maximum atomic E-state index is 12.1. The van der Waals surface area contributed by atoms with Crippen LogP contribution in [0.15, 0.2) is 75.0 Å². The lowest BCUT2D eigenvalue weighted by molar-refractivity contribution is -0.113. The average molecular weight is 380 g/mol. The quantitative estimate of drug-likeness (QED) is 0.583. The number of rotatable bonds is 3. The molecule has 3 aromatic rings. The number of nitriles is 1. The zero-order valence-corrected chi connectivity index (χ0v) is 16.3. The Bertz CT molecular complexity index is 1270. The molecule has 0 saturated carbocycles. The average Bonchev–Trinajstić information content (AvgIpc) is 3.19. The van der Waals surface area contributed by atoms with Crippen LogP contribution in [0.4, 0.5) is 0 Å². The van der Waals surface area contributed by atoms with Crippen molar-refractivity contribution in [2.75, 3.05) is 0 Å². The number of aliphatic imine (C=N–C) groups is 1. The van der Waals surface area contributed by atoms with Crippen molar-refractivity contribution in [2.45, 2.75) is 29.6 Å². The first-order chi connectivity index (χ1) is 13.6. The monoisotopic (exact) mass is 380 g/mol. The third-order valence-electron chi connectivity index (χ3n) is 5.33. The molecule has 134 valence electrons. The first-order valence-electron chi connectivity index (χ1n) is 9.20. The van der Waals surface area contributed by atoms with E-state index in [4.69, 9.17) is 0 Å². The SMILES string of the molecule is CC(C)c1ccc(Sc2ccc3c4c(cccc24)C2=NC(=O)C(C#N)=C23)cc1. The van der Waals surface area contributed by atoms with Crippen molar-refractivity contribution < 1.29 is 4.79 Å². The van der Waals surface area contributed by atoms with Gasteiger partial charge in [-0.3, -0.25) is 4.79 Å². The normalized spacial score (nSPS) is 14.6. The Hall–Kier alpha value is -3.16. The van der Waals surface area contributed by atoms with Crippen LogP contribution >= 0.6 is 11.8 Å². The zero-order chi connectivity index (χ0) is 19.4. The van der Waals surface area contributed by atoms with Gasteiger partial charge in [-0.1, -0.05) is 62.0 Å². The highest BCUT2D eigenvalue weighted by Crippen LogP contribution is 2.46. The molecule has 0 radical (unpaired) electrons. The van der Waals surface area contributed by atoms with Gasteiger partial charge in [0.15, 0.2) is 0 Å². The third kappa shape index (κ3) is 2.37. The number of amides is 1. The van der Waals surface area contributed by atoms with E-state index in [1.807, 2.05) is 24.3 Å². The molecule has 0 atom stereocenters. The van der Waals surface area contributed by atoms with Crippen LogP contribution < -0.4 is 0 Å². The van der Waals surface area contributed by atoms with E-state index in [0.29, 0.717) is 17.2 Å². The van der Waals surface area contributed by atoms with Gasteiger partial charge in [0.25, 0.3) is 5.91 Å². The molecule has 3 aromatic carbocycles. The second kappa shape index (κ2) is 6.19. The van der Waals surface area contributed by atoms with Crippen LogP contribution in [0.3, 0.4) is 0 Å². The highest BCUT2D eigenvalue weighted by molar-refractivity contribution is 7.99. The van der Waals surface area contributed by atoms with Gasteiger partial charge < -0.3 is 0 Å². The van der Waals surface area contributed by atoms with Gasteiger partial charge in [0.1, 0.15) is 11.6 Å². The molecule has 3 nitrogen and oxygen atoms in total. The Balaban J connectivity index is 1.64. The Kier molecular flexibility index (Phi) is 3.75. The first kappa shape index (κ1) is 17.0. The summed E-state index contributed by atoms with van der Waals surface area (Å²) in [4.78, 5) is 18.6. The third-order valence-corrected chi connectivity index (χ3v) is 6.41. The van der Waals surface area contributed by atoms with Gasteiger partial charge in [-0.25, -0.2) is 4.99 Å². The van der Waals surface area contributed by atoms with Crippen molar-refractivity contribution in [1.82, 2.24) is 0 Å². The molecule has 1 heterocycles. The summed E-state index contributed by atoms with van der Waals surface area (Å²) in [5, 5.41) is 11.6. The molecule has 4 heteroatoms. The largest absolute Gasteiger partial charge is 0.288 e. The number of nitrogens with zero attached hydrogens (tertiary/aromatic N) is 2. The van der Waals surface area contributed by atoms with E-state index in [-0.39, 0.29) is 5.57 Å². The van der Waals surface area contributed by atoms with Crippen LogP contribution in [-0.4, -0.2) is 11.6 Å². The van der Waals surface area contributed by atoms with E-state index in [9.17, 15) is 10.1 Å². The molecule has 5 rings (SSSR count). The minimum absolute atomic E-state index is 0.150. The summed E-state index contributed by atoms with van der Waals surface area (Å²) in [5.41, 5.74) is 4.69. The number of carbonyl (C=O) groups excluding carboxylic acids is 1. The smallest absolute Gasteiger partial charge is 0.266 e. The molecule has 0 bridgehead atoms. The van der Waals surface area contributed by atoms with E-state index >= 15 is 0 Å². The van der Waals surface area contributed by atoms with Gasteiger partial charge in [0, 0.05) is 26.3 Å². The maximum absolute atomic E-state index is 12.1. The highest BCUT2D eigenvalue weighted by atomic mass is 32.2. The van der Waals surface area contributed by atoms with Crippen LogP contribution in [0.5, 0.6) is 0 Å². The molecule has 28 heavy (non-hydrogen) atoms. The topological polar surface area (TPSA) is 53.2 Å². The summed E-state index contributed by atoms with van der Waals surface area (Å²) in [5.74, 6) is 0.0835. The number of allylic oxidation sites excluding steroid dienone is 1. The van der Waals surface area contributed by atoms with E-state index < -0.39 is 5.91 Å². The molecule has 0 spiro atoms. The lowest BCUT2D eigenvalue weighted by Crippen LogP contribution is -1.93. The fraction of sp³-hybridized carbons (Fsp3) is 0.125. The van der Waals surface area contributed by atoms with E-state index in [1.54, 1.807) is 11.8 Å². The molecule has 1 aliphatic heterocycles. The Morgan fingerprint density at radius 3 is 2.50 bits per heavy atom. The summed E-state index contributed by atoms with van der Waals surface area (Å²) in [6.07, 6.45) is 0. The molecule has 0 N–H and O–H groups in total. The Labute approximate surface area is 167 Å². The van der Waals surface area contributed by atoms with Crippen molar-refractivity contribution in [3.05, 3.63) is 76.9 Å². The fourth-order valence-electron chi connectivity index (χ4n) is 3.92. The van der Waals surface area contributed by atoms with Gasteiger partial charge in [0.05, 0.1) is 5.71 Å². The predicted molar refractivity (Wildman–Crippen MR) is 113 cm³/mol. The van der Waals surface area contributed by atoms with Crippen LogP contribution in [-0.2, 0) is 4.79 Å². The van der Waals surface area contributed by atoms with Gasteiger partial charge in [-0.2, -0.15) is 5.26 Å². The summed E-state index contributed by atoms with van der Waals surface area (Å²) in [7, 11) is 0. The van der Waals surface area contributed by atoms with Gasteiger partial charge in [-0.05, 0) is 40.6 Å². The highest BCUT2D eigenvalue weighted by Gasteiger charge is 2.36. The van der Waals surface area contributed by atoms with Crippen molar-refractivity contribution in [1.29, 1.82) is 5.26 Å². The Morgan fingerprint density at radius 1 is 1.00 bits per heavy atom. The van der Waals surface area contributed by atoms with Crippen LogP contribution in [0.25, 0.3) is 16.3 Å². The van der Waals surface area contributed by atoms with Crippen molar-refractivity contribution in [3.63, 3.8) is 0 Å². The van der Waals surface area contributed by atoms with Crippen LogP contribution in [0, 0.1) is 11.3 Å².